The minimum absolute atomic E-state index is 0.00294. The van der Waals surface area contributed by atoms with Gasteiger partial charge in [0.1, 0.15) is 18.4 Å². The first kappa shape index (κ1) is 18.9. The van der Waals surface area contributed by atoms with Crippen LogP contribution in [0.1, 0.15) is 72.1 Å². The third-order valence-electron chi connectivity index (χ3n) is 7.83. The average molecular weight is 378 g/mol. The first-order chi connectivity index (χ1) is 12.8. The molecule has 4 nitrogen and oxygen atoms in total. The zero-order chi connectivity index (χ0) is 19.3. The van der Waals surface area contributed by atoms with Crippen LogP contribution in [0.15, 0.2) is 11.1 Å². The summed E-state index contributed by atoms with van der Waals surface area (Å²) in [5.41, 5.74) is 2.33. The monoisotopic (exact) mass is 378 g/mol. The van der Waals surface area contributed by atoms with Crippen LogP contribution in [0.2, 0.25) is 0 Å². The second kappa shape index (κ2) is 6.89. The highest BCUT2D eigenvalue weighted by Gasteiger charge is 2.58. The zero-order valence-corrected chi connectivity index (χ0v) is 16.6. The van der Waals surface area contributed by atoms with Crippen LogP contribution in [0, 0.1) is 23.2 Å². The van der Waals surface area contributed by atoms with Crippen molar-refractivity contribution in [2.45, 2.75) is 90.5 Å². The number of alkyl halides is 1. The number of carbonyl (C=O) groups is 2. The summed E-state index contributed by atoms with van der Waals surface area (Å²) in [5, 5.41) is 0. The molecule has 0 N–H and O–H groups in total. The van der Waals surface area contributed by atoms with E-state index in [-0.39, 0.29) is 29.6 Å². The number of carbonyl (C=O) groups excluding carboxylic acids is 2. The van der Waals surface area contributed by atoms with Gasteiger partial charge >= 0.3 is 11.9 Å². The van der Waals surface area contributed by atoms with Crippen LogP contribution in [0.25, 0.3) is 0 Å². The van der Waals surface area contributed by atoms with E-state index < -0.39 is 6.17 Å². The van der Waals surface area contributed by atoms with Crippen molar-refractivity contribution in [3.63, 3.8) is 0 Å². The lowest BCUT2D eigenvalue weighted by Gasteiger charge is -2.54. The maximum absolute atomic E-state index is 14.2. The van der Waals surface area contributed by atoms with Gasteiger partial charge in [-0.05, 0) is 61.9 Å². The number of rotatable bonds is 2. The van der Waals surface area contributed by atoms with E-state index >= 15 is 0 Å². The number of ether oxygens (including phenoxy) is 2. The van der Waals surface area contributed by atoms with Crippen LogP contribution in [0.5, 0.6) is 0 Å². The van der Waals surface area contributed by atoms with Crippen molar-refractivity contribution in [1.29, 1.82) is 0 Å². The molecule has 0 spiro atoms. The molecule has 4 aliphatic carbocycles. The topological polar surface area (TPSA) is 52.6 Å². The molecule has 2 saturated carbocycles. The Hall–Kier alpha value is -1.39. The molecule has 4 rings (SSSR count). The highest BCUT2D eigenvalue weighted by molar-refractivity contribution is 5.67. The van der Waals surface area contributed by atoms with Crippen molar-refractivity contribution < 1.29 is 23.5 Å². The summed E-state index contributed by atoms with van der Waals surface area (Å²) >= 11 is 0. The fourth-order valence-electron chi connectivity index (χ4n) is 6.80. The Labute approximate surface area is 160 Å². The van der Waals surface area contributed by atoms with Crippen molar-refractivity contribution in [3.8, 4) is 0 Å². The van der Waals surface area contributed by atoms with Gasteiger partial charge in [-0.1, -0.05) is 18.9 Å². The second-order valence-corrected chi connectivity index (χ2v) is 9.33. The quantitative estimate of drug-likeness (QED) is 0.524. The van der Waals surface area contributed by atoms with Gasteiger partial charge < -0.3 is 9.47 Å². The number of hydrogen-bond acceptors (Lipinski definition) is 4. The molecule has 0 radical (unpaired) electrons. The van der Waals surface area contributed by atoms with Crippen LogP contribution in [0.3, 0.4) is 0 Å². The zero-order valence-electron chi connectivity index (χ0n) is 16.6. The molecule has 27 heavy (non-hydrogen) atoms. The van der Waals surface area contributed by atoms with Gasteiger partial charge in [0.05, 0.1) is 0 Å². The Kier molecular flexibility index (Phi) is 4.84. The molecule has 5 heteroatoms. The van der Waals surface area contributed by atoms with Crippen molar-refractivity contribution >= 4 is 11.9 Å². The van der Waals surface area contributed by atoms with Gasteiger partial charge in [0, 0.05) is 25.7 Å². The molecule has 0 aliphatic heterocycles. The molecule has 7 atom stereocenters. The molecule has 4 aliphatic rings. The smallest absolute Gasteiger partial charge is 0.303 e. The lowest BCUT2D eigenvalue weighted by molar-refractivity contribution is -0.168. The van der Waals surface area contributed by atoms with Gasteiger partial charge in [-0.2, -0.15) is 0 Å². The van der Waals surface area contributed by atoms with Gasteiger partial charge in [0.25, 0.3) is 0 Å². The molecule has 150 valence electrons. The Morgan fingerprint density at radius 2 is 1.81 bits per heavy atom. The van der Waals surface area contributed by atoms with Crippen LogP contribution in [-0.2, 0) is 19.1 Å². The molecule has 0 aromatic carbocycles. The van der Waals surface area contributed by atoms with E-state index in [4.69, 9.17) is 9.47 Å². The summed E-state index contributed by atoms with van der Waals surface area (Å²) in [4.78, 5) is 23.5. The number of fused-ring (bicyclic) bond motifs is 4. The van der Waals surface area contributed by atoms with Gasteiger partial charge in [-0.15, -0.1) is 0 Å². The molecule has 0 heterocycles. The second-order valence-electron chi connectivity index (χ2n) is 9.33. The van der Waals surface area contributed by atoms with E-state index in [9.17, 15) is 14.0 Å². The number of hydrogen-bond donors (Lipinski definition) is 0. The standard InChI is InChI=1S/C22H31FO4/c1-12(24)26-20-10-17-16(15-7-6-14(23)9-18(15)20)11-21(27-13(2)25)22(3)8-4-5-19(17)22/h14,16-17,19-21H,4-11H2,1-3H3/t14-,16+,17+,19-,20+,21+,22+/m0/s1. The van der Waals surface area contributed by atoms with Crippen LogP contribution < -0.4 is 0 Å². The van der Waals surface area contributed by atoms with E-state index in [1.807, 2.05) is 0 Å². The Balaban J connectivity index is 1.72. The molecular formula is C22H31FO4. The maximum Gasteiger partial charge on any atom is 0.303 e. The van der Waals surface area contributed by atoms with Gasteiger partial charge in [-0.25, -0.2) is 4.39 Å². The fraction of sp³-hybridized carbons (Fsp3) is 0.818. The van der Waals surface area contributed by atoms with E-state index in [0.717, 1.165) is 44.1 Å². The molecule has 0 amide bonds. The summed E-state index contributed by atoms with van der Waals surface area (Å²) in [6.45, 7) is 5.22. The molecule has 0 aromatic heterocycles. The maximum atomic E-state index is 14.2. The van der Waals surface area contributed by atoms with Gasteiger partial charge in [0.2, 0.25) is 0 Å². The SMILES string of the molecule is CC(=O)O[C@@H]1C[C@@H]2[C@H](C[C@@H](OC(C)=O)[C@]3(C)CCC[C@@H]23)C2=C1C[C@@H](F)CC2. The third-order valence-corrected chi connectivity index (χ3v) is 7.83. The largest absolute Gasteiger partial charge is 0.462 e. The highest BCUT2D eigenvalue weighted by atomic mass is 19.1. The number of halogens is 1. The van der Waals surface area contributed by atoms with E-state index in [0.29, 0.717) is 30.6 Å². The van der Waals surface area contributed by atoms with Gasteiger partial charge in [-0.3, -0.25) is 9.59 Å². The number of esters is 2. The van der Waals surface area contributed by atoms with Crippen LogP contribution in [0.4, 0.5) is 4.39 Å². The summed E-state index contributed by atoms with van der Waals surface area (Å²) < 4.78 is 25.7. The van der Waals surface area contributed by atoms with E-state index in [2.05, 4.69) is 6.92 Å². The highest BCUT2D eigenvalue weighted by Crippen LogP contribution is 2.62. The lowest BCUT2D eigenvalue weighted by Crippen LogP contribution is -2.53. The summed E-state index contributed by atoms with van der Waals surface area (Å²) in [5.74, 6) is 0.744. The average Bonchev–Trinajstić information content (AvgIpc) is 2.98. The van der Waals surface area contributed by atoms with E-state index in [1.165, 1.54) is 19.4 Å². The molecular weight excluding hydrogens is 347 g/mol. The first-order valence-corrected chi connectivity index (χ1v) is 10.5. The molecule has 2 fully saturated rings. The Bertz CT molecular complexity index is 671. The van der Waals surface area contributed by atoms with Crippen molar-refractivity contribution in [1.82, 2.24) is 0 Å². The summed E-state index contributed by atoms with van der Waals surface area (Å²) in [6, 6.07) is 0. The fourth-order valence-corrected chi connectivity index (χ4v) is 6.80. The van der Waals surface area contributed by atoms with Gasteiger partial charge in [0.15, 0.2) is 0 Å². The predicted octanol–water partition coefficient (Wildman–Crippen LogP) is 4.51. The van der Waals surface area contributed by atoms with E-state index in [1.54, 1.807) is 0 Å². The Morgan fingerprint density at radius 1 is 1.07 bits per heavy atom. The number of allylic oxidation sites excluding steroid dienone is 1. The summed E-state index contributed by atoms with van der Waals surface area (Å²) in [6.07, 6.45) is 5.49. The molecule has 0 unspecified atom stereocenters. The van der Waals surface area contributed by atoms with Crippen molar-refractivity contribution in [2.75, 3.05) is 0 Å². The minimum Gasteiger partial charge on any atom is -0.462 e. The van der Waals surface area contributed by atoms with Crippen molar-refractivity contribution in [3.05, 3.63) is 11.1 Å². The van der Waals surface area contributed by atoms with Crippen molar-refractivity contribution in [2.24, 2.45) is 23.2 Å². The summed E-state index contributed by atoms with van der Waals surface area (Å²) in [7, 11) is 0. The normalized spacial score (nSPS) is 43.4. The molecule has 0 saturated heterocycles. The lowest BCUT2D eigenvalue weighted by atomic mass is 9.53. The minimum atomic E-state index is -0.844. The van der Waals surface area contributed by atoms with Crippen LogP contribution in [-0.4, -0.2) is 30.3 Å². The van der Waals surface area contributed by atoms with Crippen LogP contribution >= 0.6 is 0 Å². The molecule has 0 aromatic rings. The predicted molar refractivity (Wildman–Crippen MR) is 98.5 cm³/mol. The molecule has 0 bridgehead atoms. The third kappa shape index (κ3) is 3.21. The Morgan fingerprint density at radius 3 is 2.52 bits per heavy atom. The first-order valence-electron chi connectivity index (χ1n) is 10.5.